The van der Waals surface area contributed by atoms with Crippen LogP contribution in [0, 0.1) is 6.92 Å². The number of aromatic nitrogens is 2. The number of imidazole rings is 1. The molecule has 0 radical (unpaired) electrons. The average Bonchev–Trinajstić information content (AvgIpc) is 2.75. The van der Waals surface area contributed by atoms with E-state index in [1.165, 1.54) is 23.2 Å². The van der Waals surface area contributed by atoms with Gasteiger partial charge in [0.15, 0.2) is 0 Å². The molecule has 2 N–H and O–H groups in total. The lowest BCUT2D eigenvalue weighted by molar-refractivity contribution is 0.253. The van der Waals surface area contributed by atoms with Crippen LogP contribution in [0.2, 0.25) is 0 Å². The molecule has 1 aromatic carbocycles. The predicted molar refractivity (Wildman–Crippen MR) is 59.5 cm³/mol. The maximum absolute atomic E-state index is 11.7. The van der Waals surface area contributed by atoms with E-state index in [2.05, 4.69) is 10.3 Å². The molecule has 0 aliphatic rings. The summed E-state index contributed by atoms with van der Waals surface area (Å²) >= 11 is 0. The molecular formula is C11H11N3O2. The Morgan fingerprint density at radius 2 is 2.31 bits per heavy atom. The van der Waals surface area contributed by atoms with E-state index in [0.29, 0.717) is 5.69 Å². The normalized spacial score (nSPS) is 10.1. The van der Waals surface area contributed by atoms with Gasteiger partial charge < -0.3 is 10.4 Å². The standard InChI is InChI=1S/C11H11N3O2/c1-8-6-9(15)2-3-10(8)13-11(16)14-5-4-12-7-14/h2-7,15H,1H3,(H,13,16). The molecule has 0 saturated carbocycles. The Balaban J connectivity index is 2.18. The summed E-state index contributed by atoms with van der Waals surface area (Å²) in [6, 6.07) is 4.48. The van der Waals surface area contributed by atoms with Crippen LogP contribution in [0.5, 0.6) is 5.75 Å². The second-order valence-corrected chi connectivity index (χ2v) is 3.40. The smallest absolute Gasteiger partial charge is 0.331 e. The molecule has 16 heavy (non-hydrogen) atoms. The van der Waals surface area contributed by atoms with Crippen LogP contribution in [0.3, 0.4) is 0 Å². The molecule has 5 nitrogen and oxygen atoms in total. The third-order valence-corrected chi connectivity index (χ3v) is 2.19. The third kappa shape index (κ3) is 2.03. The van der Waals surface area contributed by atoms with E-state index >= 15 is 0 Å². The number of nitrogens with zero attached hydrogens (tertiary/aromatic N) is 2. The van der Waals surface area contributed by atoms with Gasteiger partial charge in [-0.15, -0.1) is 0 Å². The zero-order chi connectivity index (χ0) is 11.5. The van der Waals surface area contributed by atoms with Crippen molar-refractivity contribution in [1.82, 2.24) is 9.55 Å². The Bertz CT molecular complexity index is 506. The second kappa shape index (κ2) is 4.06. The van der Waals surface area contributed by atoms with Crippen molar-refractivity contribution in [2.75, 3.05) is 5.32 Å². The van der Waals surface area contributed by atoms with Crippen molar-refractivity contribution in [3.63, 3.8) is 0 Å². The lowest BCUT2D eigenvalue weighted by Crippen LogP contribution is -2.18. The molecule has 0 spiro atoms. The van der Waals surface area contributed by atoms with Crippen molar-refractivity contribution in [3.05, 3.63) is 42.5 Å². The molecule has 82 valence electrons. The van der Waals surface area contributed by atoms with E-state index < -0.39 is 0 Å². The molecule has 1 heterocycles. The van der Waals surface area contributed by atoms with Crippen LogP contribution >= 0.6 is 0 Å². The van der Waals surface area contributed by atoms with Gasteiger partial charge in [0.05, 0.1) is 0 Å². The van der Waals surface area contributed by atoms with Crippen LogP contribution in [-0.2, 0) is 0 Å². The van der Waals surface area contributed by atoms with E-state index in [9.17, 15) is 9.90 Å². The van der Waals surface area contributed by atoms with Crippen LogP contribution in [0.4, 0.5) is 10.5 Å². The highest BCUT2D eigenvalue weighted by molar-refractivity contribution is 5.91. The number of nitrogens with one attached hydrogen (secondary N) is 1. The SMILES string of the molecule is Cc1cc(O)ccc1NC(=O)n1ccnc1. The maximum atomic E-state index is 11.7. The number of hydrogen-bond acceptors (Lipinski definition) is 3. The van der Waals surface area contributed by atoms with E-state index in [1.54, 1.807) is 18.3 Å². The summed E-state index contributed by atoms with van der Waals surface area (Å²) in [7, 11) is 0. The predicted octanol–water partition coefficient (Wildman–Crippen LogP) is 1.98. The van der Waals surface area contributed by atoms with E-state index in [1.807, 2.05) is 6.92 Å². The van der Waals surface area contributed by atoms with Gasteiger partial charge in [0.1, 0.15) is 12.1 Å². The topological polar surface area (TPSA) is 67.2 Å². The highest BCUT2D eigenvalue weighted by Gasteiger charge is 2.06. The van der Waals surface area contributed by atoms with Crippen LogP contribution in [-0.4, -0.2) is 20.7 Å². The first-order valence-electron chi connectivity index (χ1n) is 4.76. The largest absolute Gasteiger partial charge is 0.508 e. The van der Waals surface area contributed by atoms with Gasteiger partial charge in [0.2, 0.25) is 0 Å². The van der Waals surface area contributed by atoms with Gasteiger partial charge >= 0.3 is 6.03 Å². The fraction of sp³-hybridized carbons (Fsp3) is 0.0909. The fourth-order valence-electron chi connectivity index (χ4n) is 1.35. The molecular weight excluding hydrogens is 206 g/mol. The molecule has 2 aromatic rings. The van der Waals surface area contributed by atoms with E-state index in [4.69, 9.17) is 0 Å². The van der Waals surface area contributed by atoms with Gasteiger partial charge in [0, 0.05) is 18.1 Å². The molecule has 0 unspecified atom stereocenters. The molecule has 0 aliphatic carbocycles. The first-order valence-corrected chi connectivity index (χ1v) is 4.76. The first kappa shape index (κ1) is 10.2. The fourth-order valence-corrected chi connectivity index (χ4v) is 1.35. The van der Waals surface area contributed by atoms with Gasteiger partial charge in [-0.2, -0.15) is 0 Å². The molecule has 0 saturated heterocycles. The molecule has 0 atom stereocenters. The molecule has 2 rings (SSSR count). The van der Waals surface area contributed by atoms with E-state index in [-0.39, 0.29) is 11.8 Å². The van der Waals surface area contributed by atoms with Crippen LogP contribution < -0.4 is 5.32 Å². The first-order chi connectivity index (χ1) is 7.66. The number of anilines is 1. The summed E-state index contributed by atoms with van der Waals surface area (Å²) in [6.45, 7) is 1.81. The van der Waals surface area contributed by atoms with Crippen LogP contribution in [0.1, 0.15) is 5.56 Å². The Morgan fingerprint density at radius 3 is 2.94 bits per heavy atom. The lowest BCUT2D eigenvalue weighted by atomic mass is 10.2. The monoisotopic (exact) mass is 217 g/mol. The minimum atomic E-state index is -0.286. The van der Waals surface area contributed by atoms with E-state index in [0.717, 1.165) is 5.56 Å². The summed E-state index contributed by atoms with van der Waals surface area (Å²) in [5, 5.41) is 11.9. The number of rotatable bonds is 1. The molecule has 1 amide bonds. The molecule has 0 aliphatic heterocycles. The number of phenolic OH excluding ortho intramolecular Hbond substituents is 1. The van der Waals surface area contributed by atoms with Crippen LogP contribution in [0.25, 0.3) is 0 Å². The van der Waals surface area contributed by atoms with Crippen molar-refractivity contribution in [3.8, 4) is 5.75 Å². The van der Waals surface area contributed by atoms with Crippen molar-refractivity contribution < 1.29 is 9.90 Å². The number of amides is 1. The summed E-state index contributed by atoms with van der Waals surface area (Å²) in [5.41, 5.74) is 1.46. The Morgan fingerprint density at radius 1 is 1.50 bits per heavy atom. The van der Waals surface area contributed by atoms with Gasteiger partial charge in [-0.3, -0.25) is 4.57 Å². The Kier molecular flexibility index (Phi) is 2.59. The summed E-state index contributed by atoms with van der Waals surface area (Å²) in [4.78, 5) is 15.4. The molecule has 0 fully saturated rings. The number of carbonyl (C=O) groups is 1. The molecule has 0 bridgehead atoms. The molecule has 1 aromatic heterocycles. The van der Waals surface area contributed by atoms with Crippen molar-refractivity contribution in [2.45, 2.75) is 6.92 Å². The minimum absolute atomic E-state index is 0.179. The van der Waals surface area contributed by atoms with Crippen molar-refractivity contribution in [1.29, 1.82) is 0 Å². The van der Waals surface area contributed by atoms with Crippen LogP contribution in [0.15, 0.2) is 36.9 Å². The number of aryl methyl sites for hydroxylation is 1. The average molecular weight is 217 g/mol. The highest BCUT2D eigenvalue weighted by Crippen LogP contribution is 2.20. The van der Waals surface area contributed by atoms with Crippen molar-refractivity contribution >= 4 is 11.7 Å². The minimum Gasteiger partial charge on any atom is -0.508 e. The van der Waals surface area contributed by atoms with Crippen molar-refractivity contribution in [2.24, 2.45) is 0 Å². The van der Waals surface area contributed by atoms with Gasteiger partial charge in [-0.25, -0.2) is 9.78 Å². The van der Waals surface area contributed by atoms with Gasteiger partial charge in [-0.05, 0) is 30.7 Å². The zero-order valence-corrected chi connectivity index (χ0v) is 8.71. The number of benzene rings is 1. The van der Waals surface area contributed by atoms with Gasteiger partial charge in [-0.1, -0.05) is 0 Å². The number of phenols is 1. The zero-order valence-electron chi connectivity index (χ0n) is 8.71. The number of carbonyl (C=O) groups excluding carboxylic acids is 1. The lowest BCUT2D eigenvalue weighted by Gasteiger charge is -2.08. The summed E-state index contributed by atoms with van der Waals surface area (Å²) in [5.74, 6) is 0.179. The van der Waals surface area contributed by atoms with Gasteiger partial charge in [0.25, 0.3) is 0 Å². The second-order valence-electron chi connectivity index (χ2n) is 3.40. The highest BCUT2D eigenvalue weighted by atomic mass is 16.3. The molecule has 5 heteroatoms. The third-order valence-electron chi connectivity index (χ3n) is 2.19. The quantitative estimate of drug-likeness (QED) is 0.718. The summed E-state index contributed by atoms with van der Waals surface area (Å²) in [6.07, 6.45) is 4.51. The Labute approximate surface area is 92.4 Å². The number of hydrogen-bond donors (Lipinski definition) is 2. The summed E-state index contributed by atoms with van der Waals surface area (Å²) < 4.78 is 1.34. The number of aromatic hydroxyl groups is 1. The Hall–Kier alpha value is -2.30. The maximum Gasteiger partial charge on any atom is 0.331 e.